The van der Waals surface area contributed by atoms with Gasteiger partial charge in [0.1, 0.15) is 11.4 Å². The fourth-order valence-corrected chi connectivity index (χ4v) is 3.42. The van der Waals surface area contributed by atoms with Crippen molar-refractivity contribution in [2.75, 3.05) is 24.5 Å². The number of para-hydroxylation sites is 2. The van der Waals surface area contributed by atoms with Crippen LogP contribution in [0.5, 0.6) is 17.2 Å². The van der Waals surface area contributed by atoms with Crippen molar-refractivity contribution in [1.29, 1.82) is 0 Å². The number of hydrogen-bond acceptors (Lipinski definition) is 5. The van der Waals surface area contributed by atoms with Gasteiger partial charge in [-0.1, -0.05) is 12.1 Å². The van der Waals surface area contributed by atoms with Crippen LogP contribution < -0.4 is 24.8 Å². The van der Waals surface area contributed by atoms with Crippen LogP contribution in [0.3, 0.4) is 0 Å². The van der Waals surface area contributed by atoms with Crippen molar-refractivity contribution in [2.45, 2.75) is 18.8 Å². The second kappa shape index (κ2) is 7.05. The Morgan fingerprint density at radius 2 is 1.97 bits per heavy atom. The van der Waals surface area contributed by atoms with Crippen molar-refractivity contribution < 1.29 is 19.0 Å². The number of ether oxygens (including phenoxy) is 3. The molecule has 2 aliphatic rings. The number of nitrogens with zero attached hydrogens (tertiary/aromatic N) is 1. The van der Waals surface area contributed by atoms with Crippen LogP contribution in [0.15, 0.2) is 42.5 Å². The zero-order chi connectivity index (χ0) is 19.8. The maximum Gasteiger partial charge on any atom is 0.323 e. The highest BCUT2D eigenvalue weighted by Gasteiger charge is 2.31. The summed E-state index contributed by atoms with van der Waals surface area (Å²) in [6, 6.07) is 12.5. The fourth-order valence-electron chi connectivity index (χ4n) is 3.42. The molecule has 3 N–H and O–H groups in total. The van der Waals surface area contributed by atoms with E-state index in [2.05, 4.69) is 20.8 Å². The Kier molecular flexibility index (Phi) is 4.23. The molecule has 29 heavy (non-hydrogen) atoms. The lowest BCUT2D eigenvalue weighted by Crippen LogP contribution is -2.20. The summed E-state index contributed by atoms with van der Waals surface area (Å²) in [6.45, 7) is 0.207. The maximum atomic E-state index is 12.7. The molecule has 0 unspecified atom stereocenters. The minimum Gasteiger partial charge on any atom is -0.495 e. The largest absolute Gasteiger partial charge is 0.495 e. The predicted molar refractivity (Wildman–Crippen MR) is 108 cm³/mol. The first kappa shape index (κ1) is 17.4. The van der Waals surface area contributed by atoms with E-state index >= 15 is 0 Å². The van der Waals surface area contributed by atoms with Gasteiger partial charge in [0.25, 0.3) is 0 Å². The Morgan fingerprint density at radius 3 is 2.79 bits per heavy atom. The third-order valence-electron chi connectivity index (χ3n) is 5.02. The Balaban J connectivity index is 1.44. The Bertz CT molecular complexity index is 1070. The van der Waals surface area contributed by atoms with E-state index in [1.165, 1.54) is 0 Å². The smallest absolute Gasteiger partial charge is 0.323 e. The van der Waals surface area contributed by atoms with Gasteiger partial charge >= 0.3 is 6.03 Å². The number of urea groups is 1. The van der Waals surface area contributed by atoms with Crippen LogP contribution in [-0.4, -0.2) is 30.1 Å². The van der Waals surface area contributed by atoms with Crippen LogP contribution in [0.1, 0.15) is 24.5 Å². The molecule has 1 aliphatic heterocycles. The van der Waals surface area contributed by atoms with Gasteiger partial charge < -0.3 is 24.8 Å². The standard InChI is InChI=1S/C21H20N4O4/c1-27-15-5-3-2-4-14(15)22-21(26)23-20-18(12-6-7-12)24-25-19(20)13-8-9-16-17(10-13)29-11-28-16/h2-5,8-10,12H,6-7,11H2,1H3,(H,24,25)(H2,22,23,26). The Labute approximate surface area is 167 Å². The van der Waals surface area contributed by atoms with E-state index in [0.29, 0.717) is 40.2 Å². The highest BCUT2D eigenvalue weighted by Crippen LogP contribution is 2.46. The predicted octanol–water partition coefficient (Wildman–Crippen LogP) is 4.34. The van der Waals surface area contributed by atoms with Crippen molar-refractivity contribution in [3.05, 3.63) is 48.2 Å². The number of carbonyl (C=O) groups is 1. The molecule has 148 valence electrons. The first-order valence-corrected chi connectivity index (χ1v) is 9.42. The van der Waals surface area contributed by atoms with Crippen molar-refractivity contribution in [2.24, 2.45) is 0 Å². The molecular weight excluding hydrogens is 372 g/mol. The number of methoxy groups -OCH3 is 1. The van der Waals surface area contributed by atoms with Crippen LogP contribution in [0.4, 0.5) is 16.2 Å². The summed E-state index contributed by atoms with van der Waals surface area (Å²) >= 11 is 0. The molecule has 0 atom stereocenters. The third kappa shape index (κ3) is 3.33. The van der Waals surface area contributed by atoms with E-state index in [4.69, 9.17) is 14.2 Å². The van der Waals surface area contributed by atoms with Gasteiger partial charge in [-0.3, -0.25) is 5.10 Å². The Morgan fingerprint density at radius 1 is 1.14 bits per heavy atom. The highest BCUT2D eigenvalue weighted by molar-refractivity contribution is 6.03. The summed E-state index contributed by atoms with van der Waals surface area (Å²) in [7, 11) is 1.57. The number of hydrogen-bond donors (Lipinski definition) is 3. The number of H-pyrrole nitrogens is 1. The molecule has 2 amide bonds. The Hall–Kier alpha value is -3.68. The van der Waals surface area contributed by atoms with Crippen LogP contribution in [0.2, 0.25) is 0 Å². The van der Waals surface area contributed by atoms with Gasteiger partial charge in [0, 0.05) is 11.5 Å². The monoisotopic (exact) mass is 392 g/mol. The quantitative estimate of drug-likeness (QED) is 0.600. The van der Waals surface area contributed by atoms with Gasteiger partial charge in [-0.05, 0) is 43.2 Å². The van der Waals surface area contributed by atoms with Crippen LogP contribution in [-0.2, 0) is 0 Å². The van der Waals surface area contributed by atoms with Gasteiger partial charge in [0.05, 0.1) is 24.2 Å². The minimum atomic E-state index is -0.361. The van der Waals surface area contributed by atoms with Gasteiger partial charge in [0.15, 0.2) is 11.5 Å². The zero-order valence-corrected chi connectivity index (χ0v) is 15.8. The van der Waals surface area contributed by atoms with E-state index in [1.54, 1.807) is 19.2 Å². The molecule has 1 aliphatic carbocycles. The molecular formula is C21H20N4O4. The minimum absolute atomic E-state index is 0.207. The molecule has 0 radical (unpaired) electrons. The number of fused-ring (bicyclic) bond motifs is 1. The molecule has 5 rings (SSSR count). The van der Waals surface area contributed by atoms with Crippen molar-refractivity contribution >= 4 is 17.4 Å². The first-order valence-electron chi connectivity index (χ1n) is 9.42. The first-order chi connectivity index (χ1) is 14.2. The molecule has 1 fully saturated rings. The normalized spacial score (nSPS) is 14.5. The number of aromatic nitrogens is 2. The van der Waals surface area contributed by atoms with Gasteiger partial charge in [-0.2, -0.15) is 5.10 Å². The zero-order valence-electron chi connectivity index (χ0n) is 15.8. The van der Waals surface area contributed by atoms with Crippen LogP contribution in [0, 0.1) is 0 Å². The van der Waals surface area contributed by atoms with Crippen LogP contribution in [0.25, 0.3) is 11.3 Å². The number of benzene rings is 2. The molecule has 3 aromatic rings. The van der Waals surface area contributed by atoms with E-state index in [-0.39, 0.29) is 12.8 Å². The second-order valence-electron chi connectivity index (χ2n) is 6.98. The summed E-state index contributed by atoms with van der Waals surface area (Å²) in [6.07, 6.45) is 2.15. The topological polar surface area (TPSA) is 97.5 Å². The molecule has 0 bridgehead atoms. The van der Waals surface area contributed by atoms with Gasteiger partial charge in [-0.15, -0.1) is 0 Å². The summed E-state index contributed by atoms with van der Waals surface area (Å²) in [4.78, 5) is 12.7. The van der Waals surface area contributed by atoms with Crippen LogP contribution >= 0.6 is 0 Å². The maximum absolute atomic E-state index is 12.7. The number of anilines is 2. The van der Waals surface area contributed by atoms with E-state index in [9.17, 15) is 4.79 Å². The number of nitrogens with one attached hydrogen (secondary N) is 3. The summed E-state index contributed by atoms with van der Waals surface area (Å²) in [5.41, 5.74) is 3.71. The number of aromatic amines is 1. The molecule has 2 heterocycles. The van der Waals surface area contributed by atoms with Gasteiger partial charge in [0.2, 0.25) is 6.79 Å². The molecule has 0 saturated heterocycles. The molecule has 8 nitrogen and oxygen atoms in total. The van der Waals surface area contributed by atoms with Crippen molar-refractivity contribution in [1.82, 2.24) is 10.2 Å². The molecule has 1 saturated carbocycles. The SMILES string of the molecule is COc1ccccc1NC(=O)Nc1c(-c2ccc3c(c2)OCO3)n[nH]c1C1CC1. The lowest BCUT2D eigenvalue weighted by atomic mass is 10.1. The number of rotatable bonds is 5. The second-order valence-corrected chi connectivity index (χ2v) is 6.98. The van der Waals surface area contributed by atoms with E-state index in [1.807, 2.05) is 30.3 Å². The van der Waals surface area contributed by atoms with E-state index < -0.39 is 0 Å². The lowest BCUT2D eigenvalue weighted by Gasteiger charge is -2.12. The van der Waals surface area contributed by atoms with Gasteiger partial charge in [-0.25, -0.2) is 4.79 Å². The van der Waals surface area contributed by atoms with E-state index in [0.717, 1.165) is 24.1 Å². The molecule has 1 aromatic heterocycles. The molecule has 0 spiro atoms. The molecule has 8 heteroatoms. The summed E-state index contributed by atoms with van der Waals surface area (Å²) in [5, 5.41) is 13.4. The number of amides is 2. The number of carbonyl (C=O) groups excluding carboxylic acids is 1. The third-order valence-corrected chi connectivity index (χ3v) is 5.02. The lowest BCUT2D eigenvalue weighted by molar-refractivity contribution is 0.174. The molecule has 2 aromatic carbocycles. The van der Waals surface area contributed by atoms with Crippen molar-refractivity contribution in [3.63, 3.8) is 0 Å². The van der Waals surface area contributed by atoms with Crippen molar-refractivity contribution in [3.8, 4) is 28.5 Å². The average molecular weight is 392 g/mol. The summed E-state index contributed by atoms with van der Waals surface area (Å²) < 4.78 is 16.2. The summed E-state index contributed by atoms with van der Waals surface area (Å²) in [5.74, 6) is 2.35. The highest BCUT2D eigenvalue weighted by atomic mass is 16.7. The fraction of sp³-hybridized carbons (Fsp3) is 0.238. The average Bonchev–Trinajstić information content (AvgIpc) is 3.32.